The number of sulfonamides is 1. The smallest absolute Gasteiger partial charge is 0.338 e. The summed E-state index contributed by atoms with van der Waals surface area (Å²) in [6.45, 7) is 5.54. The van der Waals surface area contributed by atoms with E-state index in [1.165, 1.54) is 36.6 Å². The van der Waals surface area contributed by atoms with Crippen LogP contribution >= 0.6 is 11.3 Å². The summed E-state index contributed by atoms with van der Waals surface area (Å²) in [5.41, 5.74) is 0.809. The Labute approximate surface area is 163 Å². The number of nitrogens with zero attached hydrogens (tertiary/aromatic N) is 1. The molecule has 0 fully saturated rings. The van der Waals surface area contributed by atoms with E-state index >= 15 is 0 Å². The molecule has 0 spiro atoms. The molecule has 0 radical (unpaired) electrons. The number of benzene rings is 1. The zero-order valence-corrected chi connectivity index (χ0v) is 17.4. The van der Waals surface area contributed by atoms with Gasteiger partial charge in [0.15, 0.2) is 0 Å². The Bertz CT molecular complexity index is 891. The normalized spacial score (nSPS) is 11.6. The van der Waals surface area contributed by atoms with Crippen molar-refractivity contribution in [2.75, 3.05) is 7.11 Å². The zero-order chi connectivity index (χ0) is 20.0. The predicted molar refractivity (Wildman–Crippen MR) is 104 cm³/mol. The van der Waals surface area contributed by atoms with E-state index in [-0.39, 0.29) is 28.9 Å². The molecular weight excluding hydrogens is 388 g/mol. The average molecular weight is 413 g/mol. The largest absolute Gasteiger partial charge is 0.495 e. The maximum absolute atomic E-state index is 12.5. The van der Waals surface area contributed by atoms with Crippen LogP contribution in [-0.4, -0.2) is 32.5 Å². The summed E-state index contributed by atoms with van der Waals surface area (Å²) in [6, 6.07) is 3.87. The topological polar surface area (TPSA) is 94.6 Å². The van der Waals surface area contributed by atoms with E-state index in [4.69, 9.17) is 9.47 Å². The number of nitrogens with one attached hydrogen (secondary N) is 1. The number of methoxy groups -OCH3 is 1. The molecule has 2 aromatic rings. The second-order valence-corrected chi connectivity index (χ2v) is 8.83. The molecular formula is C18H24N2O5S2. The summed E-state index contributed by atoms with van der Waals surface area (Å²) < 4.78 is 37.9. The molecule has 27 heavy (non-hydrogen) atoms. The lowest BCUT2D eigenvalue weighted by Gasteiger charge is -2.14. The first kappa shape index (κ1) is 21.3. The molecule has 0 aliphatic carbocycles. The molecule has 2 rings (SSSR count). The second kappa shape index (κ2) is 9.29. The lowest BCUT2D eigenvalue weighted by molar-refractivity contribution is 0.0468. The number of carbonyl (C=O) groups is 1. The SMILES string of the molecule is CCCc1nc(COC(=O)c2ccc(OC)c(S(=O)(=O)NC(C)C)c2)cs1. The van der Waals surface area contributed by atoms with Crippen molar-refractivity contribution in [3.63, 3.8) is 0 Å². The molecule has 0 aliphatic heterocycles. The van der Waals surface area contributed by atoms with Crippen molar-refractivity contribution in [1.82, 2.24) is 9.71 Å². The number of thiazole rings is 1. The standard InChI is InChI=1S/C18H24N2O5S2/c1-5-6-17-19-14(11-26-17)10-25-18(21)13-7-8-15(24-4)16(9-13)27(22,23)20-12(2)3/h7-9,11-12,20H,5-6,10H2,1-4H3. The maximum Gasteiger partial charge on any atom is 0.338 e. The molecule has 0 atom stereocenters. The molecule has 0 saturated carbocycles. The van der Waals surface area contributed by atoms with Gasteiger partial charge in [-0.05, 0) is 44.9 Å². The Morgan fingerprint density at radius 1 is 1.33 bits per heavy atom. The van der Waals surface area contributed by atoms with E-state index in [1.54, 1.807) is 13.8 Å². The van der Waals surface area contributed by atoms with Gasteiger partial charge in [0.1, 0.15) is 17.3 Å². The first-order valence-electron chi connectivity index (χ1n) is 8.57. The molecule has 1 aromatic heterocycles. The second-order valence-electron chi connectivity index (χ2n) is 6.20. The number of aromatic nitrogens is 1. The van der Waals surface area contributed by atoms with Crippen LogP contribution in [0.15, 0.2) is 28.5 Å². The minimum atomic E-state index is -3.82. The summed E-state index contributed by atoms with van der Waals surface area (Å²) >= 11 is 1.53. The van der Waals surface area contributed by atoms with Crippen LogP contribution in [0.25, 0.3) is 0 Å². The molecule has 1 N–H and O–H groups in total. The molecule has 0 unspecified atom stereocenters. The van der Waals surface area contributed by atoms with Gasteiger partial charge in [-0.25, -0.2) is 22.9 Å². The van der Waals surface area contributed by atoms with Gasteiger partial charge in [0.25, 0.3) is 0 Å². The number of carbonyl (C=O) groups excluding carboxylic acids is 1. The molecule has 0 bridgehead atoms. The Morgan fingerprint density at radius 2 is 2.07 bits per heavy atom. The average Bonchev–Trinajstić information content (AvgIpc) is 3.06. The van der Waals surface area contributed by atoms with Crippen molar-refractivity contribution < 1.29 is 22.7 Å². The van der Waals surface area contributed by atoms with Crippen LogP contribution in [0.2, 0.25) is 0 Å². The molecule has 7 nitrogen and oxygen atoms in total. The predicted octanol–water partition coefficient (Wildman–Crippen LogP) is 3.15. The molecule has 0 aliphatic rings. The van der Waals surface area contributed by atoms with Gasteiger partial charge in [-0.3, -0.25) is 0 Å². The third-order valence-electron chi connectivity index (χ3n) is 3.49. The highest BCUT2D eigenvalue weighted by Gasteiger charge is 2.23. The fraction of sp³-hybridized carbons (Fsp3) is 0.444. The van der Waals surface area contributed by atoms with E-state index in [9.17, 15) is 13.2 Å². The number of aryl methyl sites for hydroxylation is 1. The highest BCUT2D eigenvalue weighted by molar-refractivity contribution is 7.89. The number of rotatable bonds is 9. The molecule has 148 valence electrons. The van der Waals surface area contributed by atoms with Gasteiger partial charge in [-0.15, -0.1) is 11.3 Å². The first-order chi connectivity index (χ1) is 12.8. The van der Waals surface area contributed by atoms with Crippen molar-refractivity contribution >= 4 is 27.3 Å². The fourth-order valence-electron chi connectivity index (χ4n) is 2.35. The lowest BCUT2D eigenvalue weighted by atomic mass is 10.2. The molecule has 0 saturated heterocycles. The van der Waals surface area contributed by atoms with E-state index in [2.05, 4.69) is 16.6 Å². The van der Waals surface area contributed by atoms with Crippen LogP contribution in [0.5, 0.6) is 5.75 Å². The lowest BCUT2D eigenvalue weighted by Crippen LogP contribution is -2.30. The van der Waals surface area contributed by atoms with Gasteiger partial charge >= 0.3 is 5.97 Å². The number of ether oxygens (including phenoxy) is 2. The third kappa shape index (κ3) is 5.75. The van der Waals surface area contributed by atoms with Gasteiger partial charge in [0, 0.05) is 11.4 Å². The summed E-state index contributed by atoms with van der Waals surface area (Å²) in [5, 5.41) is 2.86. The summed E-state index contributed by atoms with van der Waals surface area (Å²) in [4.78, 5) is 16.6. The quantitative estimate of drug-likeness (QED) is 0.636. The summed E-state index contributed by atoms with van der Waals surface area (Å²) in [5.74, 6) is -0.466. The fourth-order valence-corrected chi connectivity index (χ4v) is 4.68. The summed E-state index contributed by atoms with van der Waals surface area (Å²) in [6.07, 6.45) is 1.89. The van der Waals surface area contributed by atoms with E-state index in [0.717, 1.165) is 17.8 Å². The minimum Gasteiger partial charge on any atom is -0.495 e. The molecule has 9 heteroatoms. The molecule has 1 aromatic carbocycles. The Morgan fingerprint density at radius 3 is 2.70 bits per heavy atom. The van der Waals surface area contributed by atoms with Crippen LogP contribution in [0, 0.1) is 0 Å². The zero-order valence-electron chi connectivity index (χ0n) is 15.8. The van der Waals surface area contributed by atoms with Crippen LogP contribution in [-0.2, 0) is 27.8 Å². The number of hydrogen-bond donors (Lipinski definition) is 1. The molecule has 1 heterocycles. The van der Waals surface area contributed by atoms with Crippen molar-refractivity contribution in [3.8, 4) is 5.75 Å². The molecule has 0 amide bonds. The first-order valence-corrected chi connectivity index (χ1v) is 10.9. The highest BCUT2D eigenvalue weighted by Crippen LogP contribution is 2.25. The van der Waals surface area contributed by atoms with Crippen molar-refractivity contribution in [2.45, 2.75) is 51.2 Å². The van der Waals surface area contributed by atoms with Crippen LogP contribution in [0.1, 0.15) is 48.3 Å². The monoisotopic (exact) mass is 412 g/mol. The number of esters is 1. The Hall–Kier alpha value is -1.97. The summed E-state index contributed by atoms with van der Waals surface area (Å²) in [7, 11) is -2.45. The van der Waals surface area contributed by atoms with Crippen molar-refractivity contribution in [1.29, 1.82) is 0 Å². The van der Waals surface area contributed by atoms with Gasteiger partial charge in [-0.2, -0.15) is 0 Å². The van der Waals surface area contributed by atoms with E-state index in [1.807, 2.05) is 5.38 Å². The van der Waals surface area contributed by atoms with Gasteiger partial charge in [0.05, 0.1) is 23.4 Å². The Balaban J connectivity index is 2.17. The van der Waals surface area contributed by atoms with Crippen LogP contribution < -0.4 is 9.46 Å². The maximum atomic E-state index is 12.5. The van der Waals surface area contributed by atoms with Crippen molar-refractivity contribution in [2.24, 2.45) is 0 Å². The Kier molecular flexibility index (Phi) is 7.34. The minimum absolute atomic E-state index is 0.0391. The van der Waals surface area contributed by atoms with Crippen molar-refractivity contribution in [3.05, 3.63) is 39.8 Å². The highest BCUT2D eigenvalue weighted by atomic mass is 32.2. The van der Waals surface area contributed by atoms with Crippen LogP contribution in [0.3, 0.4) is 0 Å². The van der Waals surface area contributed by atoms with Gasteiger partial charge < -0.3 is 9.47 Å². The third-order valence-corrected chi connectivity index (χ3v) is 6.13. The van der Waals surface area contributed by atoms with Gasteiger partial charge in [-0.1, -0.05) is 6.92 Å². The number of hydrogen-bond acceptors (Lipinski definition) is 7. The van der Waals surface area contributed by atoms with Crippen LogP contribution in [0.4, 0.5) is 0 Å². The van der Waals surface area contributed by atoms with Gasteiger partial charge in [0.2, 0.25) is 10.0 Å². The van der Waals surface area contributed by atoms with E-state index < -0.39 is 16.0 Å². The van der Waals surface area contributed by atoms with E-state index in [0.29, 0.717) is 5.69 Å².